The highest BCUT2D eigenvalue weighted by Crippen LogP contribution is 2.44. The van der Waals surface area contributed by atoms with Gasteiger partial charge in [0.1, 0.15) is 17.1 Å². The summed E-state index contributed by atoms with van der Waals surface area (Å²) in [4.78, 5) is 7.01. The third kappa shape index (κ3) is 3.85. The molecule has 0 bridgehead atoms. The first-order chi connectivity index (χ1) is 14.3. The number of aryl methyl sites for hydroxylation is 2. The molecule has 2 aliphatic carbocycles. The van der Waals surface area contributed by atoms with Gasteiger partial charge in [0, 0.05) is 26.7 Å². The van der Waals surface area contributed by atoms with Crippen molar-refractivity contribution >= 4 is 5.95 Å². The molecule has 5 rings (SSSR count). The number of aromatic nitrogens is 6. The second kappa shape index (κ2) is 7.30. The molecule has 0 unspecified atom stereocenters. The molecule has 0 radical (unpaired) electrons. The Morgan fingerprint density at radius 3 is 2.53 bits per heavy atom. The summed E-state index contributed by atoms with van der Waals surface area (Å²) in [6.07, 6.45) is 6.63. The summed E-state index contributed by atoms with van der Waals surface area (Å²) in [5.41, 5.74) is -0.388. The van der Waals surface area contributed by atoms with Crippen LogP contribution in [0, 0.1) is 24.7 Å². The monoisotopic (exact) mass is 415 g/mol. The Kier molecular flexibility index (Phi) is 4.85. The van der Waals surface area contributed by atoms with Crippen LogP contribution in [0.4, 0.5) is 5.95 Å². The lowest BCUT2D eigenvalue weighted by molar-refractivity contribution is -0.0376. The van der Waals surface area contributed by atoms with Gasteiger partial charge in [0.15, 0.2) is 0 Å². The summed E-state index contributed by atoms with van der Waals surface area (Å²) in [5, 5.41) is 23.4. The van der Waals surface area contributed by atoms with Gasteiger partial charge in [-0.25, -0.2) is 9.36 Å². The normalized spacial score (nSPS) is 29.4. The zero-order valence-electron chi connectivity index (χ0n) is 18.4. The maximum absolute atomic E-state index is 10.3. The van der Waals surface area contributed by atoms with E-state index in [4.69, 9.17) is 4.74 Å². The highest BCUT2D eigenvalue weighted by molar-refractivity contribution is 5.33. The Hall–Kier alpha value is -2.00. The van der Waals surface area contributed by atoms with Crippen LogP contribution in [-0.2, 0) is 17.4 Å². The van der Waals surface area contributed by atoms with Crippen LogP contribution in [0.5, 0.6) is 0 Å². The molecule has 3 fully saturated rings. The van der Waals surface area contributed by atoms with Crippen LogP contribution in [0.25, 0.3) is 0 Å². The second-order valence-electron chi connectivity index (χ2n) is 10.0. The number of nitrogens with zero attached hydrogens (tertiary/aromatic N) is 7. The molecule has 9 heteroatoms. The minimum atomic E-state index is -0.993. The molecule has 1 aliphatic heterocycles. The van der Waals surface area contributed by atoms with E-state index in [1.165, 1.54) is 12.8 Å². The molecule has 3 aliphatic rings. The Bertz CT molecular complexity index is 898. The van der Waals surface area contributed by atoms with Crippen molar-refractivity contribution in [3.8, 4) is 0 Å². The lowest BCUT2D eigenvalue weighted by atomic mass is 9.77. The van der Waals surface area contributed by atoms with Crippen LogP contribution in [0.15, 0.2) is 6.20 Å². The minimum absolute atomic E-state index is 0.129. The third-order valence-corrected chi connectivity index (χ3v) is 6.93. The van der Waals surface area contributed by atoms with Gasteiger partial charge in [0.25, 0.3) is 0 Å². The quantitative estimate of drug-likeness (QED) is 0.769. The molecule has 164 valence electrons. The maximum atomic E-state index is 10.3. The van der Waals surface area contributed by atoms with Crippen molar-refractivity contribution in [1.82, 2.24) is 29.8 Å². The number of fused-ring (bicyclic) bond motifs is 1. The van der Waals surface area contributed by atoms with Gasteiger partial charge in [0.2, 0.25) is 5.95 Å². The Labute approximate surface area is 177 Å². The van der Waals surface area contributed by atoms with Crippen LogP contribution >= 0.6 is 0 Å². The molecule has 0 aromatic carbocycles. The summed E-state index contributed by atoms with van der Waals surface area (Å²) >= 11 is 0. The number of anilines is 1. The lowest BCUT2D eigenvalue weighted by Crippen LogP contribution is -2.38. The topological polar surface area (TPSA) is 94.1 Å². The summed E-state index contributed by atoms with van der Waals surface area (Å²) < 4.78 is 10.3. The molecular formula is C21H33N7O2. The predicted molar refractivity (Wildman–Crippen MR) is 111 cm³/mol. The molecule has 2 saturated carbocycles. The van der Waals surface area contributed by atoms with Crippen molar-refractivity contribution in [2.45, 2.75) is 64.2 Å². The van der Waals surface area contributed by atoms with E-state index in [-0.39, 0.29) is 12.1 Å². The Balaban J connectivity index is 1.36. The summed E-state index contributed by atoms with van der Waals surface area (Å²) in [6.45, 7) is 8.26. The fourth-order valence-electron chi connectivity index (χ4n) is 5.05. The average molecular weight is 416 g/mol. The maximum Gasteiger partial charge on any atom is 0.223 e. The van der Waals surface area contributed by atoms with Crippen molar-refractivity contribution in [3.63, 3.8) is 0 Å². The van der Waals surface area contributed by atoms with Crippen molar-refractivity contribution in [1.29, 1.82) is 0 Å². The van der Waals surface area contributed by atoms with Gasteiger partial charge in [-0.1, -0.05) is 5.21 Å². The average Bonchev–Trinajstić information content (AvgIpc) is 3.07. The van der Waals surface area contributed by atoms with Crippen molar-refractivity contribution in [3.05, 3.63) is 17.7 Å². The van der Waals surface area contributed by atoms with Gasteiger partial charge in [-0.3, -0.25) is 0 Å². The van der Waals surface area contributed by atoms with Crippen molar-refractivity contribution < 1.29 is 9.84 Å². The zero-order chi connectivity index (χ0) is 21.0. The van der Waals surface area contributed by atoms with E-state index in [2.05, 4.69) is 25.3 Å². The predicted octanol–water partition coefficient (Wildman–Crippen LogP) is 1.83. The molecule has 0 spiro atoms. The molecule has 30 heavy (non-hydrogen) atoms. The number of hydrogen-bond acceptors (Lipinski definition) is 7. The van der Waals surface area contributed by atoms with Gasteiger partial charge in [-0.05, 0) is 64.2 Å². The molecule has 3 heterocycles. The van der Waals surface area contributed by atoms with E-state index in [9.17, 15) is 5.11 Å². The molecule has 1 N–H and O–H groups in total. The van der Waals surface area contributed by atoms with Crippen LogP contribution in [-0.4, -0.2) is 60.7 Å². The molecule has 2 aromatic rings. The highest BCUT2D eigenvalue weighted by atomic mass is 16.5. The second-order valence-corrected chi connectivity index (χ2v) is 10.0. The summed E-state index contributed by atoms with van der Waals surface area (Å²) in [6, 6.07) is 0.148. The van der Waals surface area contributed by atoms with E-state index in [0.717, 1.165) is 50.2 Å². The molecule has 0 amide bonds. The van der Waals surface area contributed by atoms with Crippen LogP contribution in [0.1, 0.15) is 57.1 Å². The van der Waals surface area contributed by atoms with Crippen LogP contribution in [0.2, 0.25) is 0 Å². The van der Waals surface area contributed by atoms with Gasteiger partial charge in [-0.15, -0.1) is 5.10 Å². The number of hydrogen-bond donors (Lipinski definition) is 1. The third-order valence-electron chi connectivity index (χ3n) is 6.93. The zero-order valence-corrected chi connectivity index (χ0v) is 18.4. The fraction of sp³-hybridized carbons (Fsp3) is 0.810. The first-order valence-electron chi connectivity index (χ1n) is 11.2. The van der Waals surface area contributed by atoms with Gasteiger partial charge < -0.3 is 14.7 Å². The van der Waals surface area contributed by atoms with E-state index >= 15 is 0 Å². The SMILES string of the molecule is Cc1nc(N2C[C@H]3C[C@@H](n4cc(C(C)(C)O)nn4)[C@H](OCC4CC4)C[C@H]3C2)n(C)n1. The summed E-state index contributed by atoms with van der Waals surface area (Å²) in [7, 11) is 1.97. The van der Waals surface area contributed by atoms with E-state index in [1.807, 2.05) is 29.5 Å². The van der Waals surface area contributed by atoms with E-state index in [0.29, 0.717) is 17.5 Å². The summed E-state index contributed by atoms with van der Waals surface area (Å²) in [5.74, 6) is 3.64. The molecule has 1 saturated heterocycles. The van der Waals surface area contributed by atoms with Crippen LogP contribution < -0.4 is 4.90 Å². The molecule has 4 atom stereocenters. The van der Waals surface area contributed by atoms with Gasteiger partial charge >= 0.3 is 0 Å². The standard InChI is InChI=1S/C21H33N7O2/c1-13-22-20(26(4)24-13)27-9-15-7-17(28-11-19(23-25-28)21(2,3)29)18(8-16(15)10-27)30-12-14-5-6-14/h11,14-18,29H,5-10,12H2,1-4H3/t15-,16+,17-,18-/m1/s1. The van der Waals surface area contributed by atoms with Gasteiger partial charge in [0.05, 0.1) is 18.3 Å². The van der Waals surface area contributed by atoms with Crippen LogP contribution in [0.3, 0.4) is 0 Å². The van der Waals surface area contributed by atoms with Crippen molar-refractivity contribution in [2.75, 3.05) is 24.6 Å². The minimum Gasteiger partial charge on any atom is -0.384 e. The Morgan fingerprint density at radius 2 is 1.93 bits per heavy atom. The van der Waals surface area contributed by atoms with Gasteiger partial charge in [-0.2, -0.15) is 10.1 Å². The number of aliphatic hydroxyl groups is 1. The highest BCUT2D eigenvalue weighted by Gasteiger charge is 2.45. The smallest absolute Gasteiger partial charge is 0.223 e. The first kappa shape index (κ1) is 19.9. The fourth-order valence-corrected chi connectivity index (χ4v) is 5.05. The van der Waals surface area contributed by atoms with Crippen molar-refractivity contribution in [2.24, 2.45) is 24.8 Å². The van der Waals surface area contributed by atoms with E-state index in [1.54, 1.807) is 13.8 Å². The first-order valence-corrected chi connectivity index (χ1v) is 11.2. The van der Waals surface area contributed by atoms with E-state index < -0.39 is 5.60 Å². The Morgan fingerprint density at radius 1 is 1.20 bits per heavy atom. The number of rotatable bonds is 6. The molecule has 2 aromatic heterocycles. The largest absolute Gasteiger partial charge is 0.384 e. The molecular weight excluding hydrogens is 382 g/mol. The lowest BCUT2D eigenvalue weighted by Gasteiger charge is -2.37. The number of ether oxygens (including phenoxy) is 1. The molecule has 9 nitrogen and oxygen atoms in total.